The first-order valence-corrected chi connectivity index (χ1v) is 9.27. The molecular weight excluding hydrogens is 328 g/mol. The number of hydrogen-bond acceptors (Lipinski definition) is 4. The molecule has 2 atom stereocenters. The SMILES string of the molecule is COc1ccc(CN2C[C@@H]3CC[C@H](C2)N(C(=O)c2cnn(C)c2)C3)cc1. The Bertz CT molecular complexity index is 770. The normalized spacial score (nSPS) is 23.1. The van der Waals surface area contributed by atoms with Crippen LogP contribution in [0.4, 0.5) is 0 Å². The number of carbonyl (C=O) groups excluding carboxylic acids is 1. The number of fused-ring (bicyclic) bond motifs is 4. The van der Waals surface area contributed by atoms with Gasteiger partial charge >= 0.3 is 0 Å². The minimum Gasteiger partial charge on any atom is -0.497 e. The number of aromatic nitrogens is 2. The molecule has 1 aromatic carbocycles. The fourth-order valence-corrected chi connectivity index (χ4v) is 4.24. The number of methoxy groups -OCH3 is 1. The fourth-order valence-electron chi connectivity index (χ4n) is 4.24. The number of ether oxygens (including phenoxy) is 1. The largest absolute Gasteiger partial charge is 0.497 e. The van der Waals surface area contributed by atoms with E-state index in [0.717, 1.165) is 38.3 Å². The van der Waals surface area contributed by atoms with Crippen LogP contribution < -0.4 is 4.74 Å². The highest BCUT2D eigenvalue weighted by Gasteiger charge is 2.37. The van der Waals surface area contributed by atoms with Crippen molar-refractivity contribution in [2.24, 2.45) is 13.0 Å². The minimum absolute atomic E-state index is 0.124. The molecule has 0 N–H and O–H groups in total. The molecule has 0 saturated carbocycles. The van der Waals surface area contributed by atoms with Gasteiger partial charge in [-0.25, -0.2) is 0 Å². The summed E-state index contributed by atoms with van der Waals surface area (Å²) in [6.07, 6.45) is 5.79. The molecule has 1 aromatic heterocycles. The number of amides is 1. The van der Waals surface area contributed by atoms with Gasteiger partial charge in [0.2, 0.25) is 0 Å². The van der Waals surface area contributed by atoms with Gasteiger partial charge in [-0.1, -0.05) is 12.1 Å². The van der Waals surface area contributed by atoms with Crippen molar-refractivity contribution in [1.82, 2.24) is 19.6 Å². The van der Waals surface area contributed by atoms with Gasteiger partial charge in [0.25, 0.3) is 5.91 Å². The van der Waals surface area contributed by atoms with Crippen molar-refractivity contribution in [1.29, 1.82) is 0 Å². The van der Waals surface area contributed by atoms with Crippen LogP contribution in [0.15, 0.2) is 36.7 Å². The summed E-state index contributed by atoms with van der Waals surface area (Å²) in [5, 5.41) is 4.15. The number of hydrogen-bond donors (Lipinski definition) is 0. The first kappa shape index (κ1) is 17.1. The van der Waals surface area contributed by atoms with E-state index in [0.29, 0.717) is 17.5 Å². The summed E-state index contributed by atoms with van der Waals surface area (Å²) in [6, 6.07) is 8.58. The summed E-state index contributed by atoms with van der Waals surface area (Å²) >= 11 is 0. The first-order chi connectivity index (χ1) is 12.6. The summed E-state index contributed by atoms with van der Waals surface area (Å²) in [4.78, 5) is 17.5. The molecule has 5 rings (SSSR count). The van der Waals surface area contributed by atoms with Crippen LogP contribution in [0.5, 0.6) is 5.75 Å². The molecule has 26 heavy (non-hydrogen) atoms. The maximum absolute atomic E-state index is 12.9. The smallest absolute Gasteiger partial charge is 0.257 e. The number of rotatable bonds is 4. The summed E-state index contributed by atoms with van der Waals surface area (Å²) in [7, 11) is 3.54. The Morgan fingerprint density at radius 1 is 1.19 bits per heavy atom. The van der Waals surface area contributed by atoms with Gasteiger partial charge in [-0.2, -0.15) is 5.10 Å². The molecule has 3 saturated heterocycles. The standard InChI is InChI=1S/C20H26N4O2/c1-22-13-17(9-21-22)20(25)24-12-16-3-6-18(24)14-23(11-16)10-15-4-7-19(26-2)8-5-15/h4-5,7-9,13,16,18H,3,6,10-12,14H2,1-2H3/t16-,18+/m0/s1. The molecule has 0 aliphatic carbocycles. The van der Waals surface area contributed by atoms with Crippen molar-refractivity contribution in [3.8, 4) is 5.75 Å². The zero-order chi connectivity index (χ0) is 18.1. The molecular formula is C20H26N4O2. The lowest BCUT2D eigenvalue weighted by Gasteiger charge is -2.36. The van der Waals surface area contributed by atoms with Gasteiger partial charge in [0.1, 0.15) is 5.75 Å². The Labute approximate surface area is 154 Å². The predicted molar refractivity (Wildman–Crippen MR) is 99.0 cm³/mol. The molecule has 0 radical (unpaired) electrons. The highest BCUT2D eigenvalue weighted by Crippen LogP contribution is 2.30. The molecule has 6 nitrogen and oxygen atoms in total. The van der Waals surface area contributed by atoms with E-state index in [9.17, 15) is 4.79 Å². The highest BCUT2D eigenvalue weighted by molar-refractivity contribution is 5.94. The lowest BCUT2D eigenvalue weighted by Crippen LogP contribution is -2.47. The van der Waals surface area contributed by atoms with Crippen LogP contribution in [0.2, 0.25) is 0 Å². The van der Waals surface area contributed by atoms with E-state index in [1.54, 1.807) is 18.0 Å². The van der Waals surface area contributed by atoms with Crippen LogP contribution in [0.1, 0.15) is 28.8 Å². The summed E-state index contributed by atoms with van der Waals surface area (Å²) in [5.41, 5.74) is 1.99. The van der Waals surface area contributed by atoms with Gasteiger partial charge < -0.3 is 9.64 Å². The van der Waals surface area contributed by atoms with Crippen molar-refractivity contribution < 1.29 is 9.53 Å². The Morgan fingerprint density at radius 3 is 2.69 bits per heavy atom. The summed E-state index contributed by atoms with van der Waals surface area (Å²) in [6.45, 7) is 3.78. The van der Waals surface area contributed by atoms with E-state index in [-0.39, 0.29) is 5.91 Å². The molecule has 3 aliphatic heterocycles. The van der Waals surface area contributed by atoms with Crippen molar-refractivity contribution in [2.75, 3.05) is 26.7 Å². The molecule has 3 aliphatic rings. The third-order valence-corrected chi connectivity index (χ3v) is 5.57. The average Bonchev–Trinajstić information content (AvgIpc) is 2.90. The molecule has 0 unspecified atom stereocenters. The minimum atomic E-state index is 0.124. The Balaban J connectivity index is 1.46. The molecule has 138 valence electrons. The molecule has 3 fully saturated rings. The average molecular weight is 354 g/mol. The number of benzene rings is 1. The van der Waals surface area contributed by atoms with Gasteiger partial charge in [0.05, 0.1) is 18.9 Å². The van der Waals surface area contributed by atoms with Gasteiger partial charge in [-0.3, -0.25) is 14.4 Å². The second-order valence-corrected chi connectivity index (χ2v) is 7.50. The van der Waals surface area contributed by atoms with E-state index < -0.39 is 0 Å². The van der Waals surface area contributed by atoms with Gasteiger partial charge in [-0.05, 0) is 36.5 Å². The van der Waals surface area contributed by atoms with Crippen molar-refractivity contribution in [2.45, 2.75) is 25.4 Å². The van der Waals surface area contributed by atoms with E-state index in [1.807, 2.05) is 25.4 Å². The molecule has 2 aromatic rings. The quantitative estimate of drug-likeness (QED) is 0.844. The van der Waals surface area contributed by atoms with Crippen molar-refractivity contribution in [3.63, 3.8) is 0 Å². The number of aryl methyl sites for hydroxylation is 1. The topological polar surface area (TPSA) is 50.6 Å². The van der Waals surface area contributed by atoms with Gasteiger partial charge in [0, 0.05) is 45.5 Å². The van der Waals surface area contributed by atoms with Crippen LogP contribution in [0.3, 0.4) is 0 Å². The monoisotopic (exact) mass is 354 g/mol. The predicted octanol–water partition coefficient (Wildman–Crippen LogP) is 2.17. The Morgan fingerprint density at radius 2 is 2.00 bits per heavy atom. The van der Waals surface area contributed by atoms with Gasteiger partial charge in [0.15, 0.2) is 0 Å². The van der Waals surface area contributed by atoms with E-state index in [2.05, 4.69) is 27.0 Å². The molecule has 4 heterocycles. The van der Waals surface area contributed by atoms with Crippen molar-refractivity contribution >= 4 is 5.91 Å². The van der Waals surface area contributed by atoms with Crippen molar-refractivity contribution in [3.05, 3.63) is 47.8 Å². The third-order valence-electron chi connectivity index (χ3n) is 5.57. The summed E-state index contributed by atoms with van der Waals surface area (Å²) < 4.78 is 6.94. The van der Waals surface area contributed by atoms with E-state index >= 15 is 0 Å². The van der Waals surface area contributed by atoms with Gasteiger partial charge in [-0.15, -0.1) is 0 Å². The first-order valence-electron chi connectivity index (χ1n) is 9.27. The van der Waals surface area contributed by atoms with E-state index in [4.69, 9.17) is 4.74 Å². The maximum Gasteiger partial charge on any atom is 0.257 e. The Hall–Kier alpha value is -2.34. The van der Waals surface area contributed by atoms with Crippen LogP contribution in [-0.2, 0) is 13.6 Å². The van der Waals surface area contributed by atoms with Crippen LogP contribution in [-0.4, -0.2) is 58.3 Å². The van der Waals surface area contributed by atoms with Crippen LogP contribution >= 0.6 is 0 Å². The fraction of sp³-hybridized carbons (Fsp3) is 0.500. The third kappa shape index (κ3) is 3.46. The van der Waals surface area contributed by atoms with E-state index in [1.165, 1.54) is 12.0 Å². The zero-order valence-electron chi connectivity index (χ0n) is 15.5. The molecule has 0 spiro atoms. The molecule has 6 heteroatoms. The maximum atomic E-state index is 12.9. The summed E-state index contributed by atoms with van der Waals surface area (Å²) in [5.74, 6) is 1.56. The van der Waals surface area contributed by atoms with Crippen LogP contribution in [0, 0.1) is 5.92 Å². The number of carbonyl (C=O) groups is 1. The number of nitrogens with zero attached hydrogens (tertiary/aromatic N) is 4. The second-order valence-electron chi connectivity index (χ2n) is 7.50. The van der Waals surface area contributed by atoms with Crippen LogP contribution in [0.25, 0.3) is 0 Å². The molecule has 2 bridgehead atoms. The highest BCUT2D eigenvalue weighted by atomic mass is 16.5. The lowest BCUT2D eigenvalue weighted by molar-refractivity contribution is 0.0585. The lowest BCUT2D eigenvalue weighted by atomic mass is 9.94. The zero-order valence-corrected chi connectivity index (χ0v) is 15.5. The second kappa shape index (κ2) is 7.11. The number of piperidine rings is 1. The molecule has 1 amide bonds. The Kier molecular flexibility index (Phi) is 4.68.